The fourth-order valence-corrected chi connectivity index (χ4v) is 2.22. The molecule has 0 unspecified atom stereocenters. The van der Waals surface area contributed by atoms with Gasteiger partial charge >= 0.3 is 0 Å². The van der Waals surface area contributed by atoms with Gasteiger partial charge in [-0.1, -0.05) is 0 Å². The second-order valence-electron chi connectivity index (χ2n) is 3.81. The Hall–Kier alpha value is -1.11. The molecule has 1 aromatic rings. The Morgan fingerprint density at radius 3 is 3.00 bits per heavy atom. The quantitative estimate of drug-likeness (QED) is 0.230. The van der Waals surface area contributed by atoms with Gasteiger partial charge in [-0.15, -0.1) is 11.3 Å². The number of guanidine groups is 1. The predicted octanol–water partition coefficient (Wildman–Crippen LogP) is 1.39. The SMILES string of the molecule is CCOCCCNC(=NCc1sccc1C)NN. The van der Waals surface area contributed by atoms with Gasteiger partial charge in [-0.2, -0.15) is 0 Å². The third-order valence-corrected chi connectivity index (χ3v) is 3.46. The predicted molar refractivity (Wildman–Crippen MR) is 76.6 cm³/mol. The summed E-state index contributed by atoms with van der Waals surface area (Å²) in [7, 11) is 0. The highest BCUT2D eigenvalue weighted by Gasteiger charge is 2.00. The van der Waals surface area contributed by atoms with Crippen LogP contribution in [0.25, 0.3) is 0 Å². The number of hydrogen-bond donors (Lipinski definition) is 3. The van der Waals surface area contributed by atoms with Crippen molar-refractivity contribution < 1.29 is 4.74 Å². The number of aliphatic imine (C=N–C) groups is 1. The molecule has 1 aromatic heterocycles. The Morgan fingerprint density at radius 1 is 1.56 bits per heavy atom. The molecule has 0 aliphatic heterocycles. The van der Waals surface area contributed by atoms with Crippen LogP contribution in [0.1, 0.15) is 23.8 Å². The smallest absolute Gasteiger partial charge is 0.206 e. The lowest BCUT2D eigenvalue weighted by atomic mass is 10.3. The van der Waals surface area contributed by atoms with E-state index in [1.807, 2.05) is 6.92 Å². The van der Waals surface area contributed by atoms with Crippen molar-refractivity contribution >= 4 is 17.3 Å². The number of hydrazine groups is 1. The van der Waals surface area contributed by atoms with E-state index in [-0.39, 0.29) is 0 Å². The minimum absolute atomic E-state index is 0.624. The van der Waals surface area contributed by atoms with Gasteiger partial charge in [0.1, 0.15) is 0 Å². The molecule has 0 fully saturated rings. The molecule has 0 atom stereocenters. The van der Waals surface area contributed by atoms with Gasteiger partial charge in [0, 0.05) is 24.6 Å². The maximum absolute atomic E-state index is 5.42. The molecule has 0 amide bonds. The molecule has 0 aliphatic rings. The molecule has 1 rings (SSSR count). The second kappa shape index (κ2) is 8.91. The maximum atomic E-state index is 5.42. The minimum Gasteiger partial charge on any atom is -0.382 e. The zero-order chi connectivity index (χ0) is 13.2. The van der Waals surface area contributed by atoms with E-state index in [9.17, 15) is 0 Å². The van der Waals surface area contributed by atoms with E-state index >= 15 is 0 Å². The number of thiophene rings is 1. The topological polar surface area (TPSA) is 71.7 Å². The molecule has 0 aliphatic carbocycles. The average molecular weight is 270 g/mol. The van der Waals surface area contributed by atoms with E-state index in [1.165, 1.54) is 10.4 Å². The number of nitrogens with zero attached hydrogens (tertiary/aromatic N) is 1. The van der Waals surface area contributed by atoms with Crippen molar-refractivity contribution in [2.75, 3.05) is 19.8 Å². The largest absolute Gasteiger partial charge is 0.382 e. The summed E-state index contributed by atoms with van der Waals surface area (Å²) >= 11 is 1.71. The van der Waals surface area contributed by atoms with Crippen LogP contribution >= 0.6 is 11.3 Å². The zero-order valence-corrected chi connectivity index (χ0v) is 11.8. The van der Waals surface area contributed by atoms with Gasteiger partial charge in [0.05, 0.1) is 6.54 Å². The zero-order valence-electron chi connectivity index (χ0n) is 11.0. The molecule has 0 saturated carbocycles. The Balaban J connectivity index is 2.29. The van der Waals surface area contributed by atoms with Crippen molar-refractivity contribution in [3.63, 3.8) is 0 Å². The summed E-state index contributed by atoms with van der Waals surface area (Å²) in [5, 5.41) is 5.22. The first-order chi connectivity index (χ1) is 8.77. The molecule has 1 heterocycles. The number of hydrogen-bond acceptors (Lipinski definition) is 4. The fourth-order valence-electron chi connectivity index (χ4n) is 1.39. The van der Waals surface area contributed by atoms with Crippen LogP contribution in [0.3, 0.4) is 0 Å². The van der Waals surface area contributed by atoms with Crippen molar-refractivity contribution in [2.24, 2.45) is 10.8 Å². The van der Waals surface area contributed by atoms with Gasteiger partial charge in [-0.05, 0) is 37.3 Å². The lowest BCUT2D eigenvalue weighted by molar-refractivity contribution is 0.145. The van der Waals surface area contributed by atoms with Crippen molar-refractivity contribution in [3.05, 3.63) is 21.9 Å². The molecule has 0 spiro atoms. The Morgan fingerprint density at radius 2 is 2.39 bits per heavy atom. The van der Waals surface area contributed by atoms with Crippen molar-refractivity contribution in [2.45, 2.75) is 26.8 Å². The molecule has 0 aromatic carbocycles. The van der Waals surface area contributed by atoms with E-state index in [4.69, 9.17) is 10.6 Å². The van der Waals surface area contributed by atoms with Crippen LogP contribution in [0, 0.1) is 6.92 Å². The second-order valence-corrected chi connectivity index (χ2v) is 4.81. The standard InChI is InChI=1S/C12H22N4OS/c1-3-17-7-4-6-14-12(16-13)15-9-11-10(2)5-8-18-11/h5,8H,3-4,6-7,9,13H2,1-2H3,(H2,14,15,16). The van der Waals surface area contributed by atoms with Gasteiger partial charge in [0.25, 0.3) is 0 Å². The number of rotatable bonds is 7. The molecule has 102 valence electrons. The lowest BCUT2D eigenvalue weighted by Crippen LogP contribution is -2.42. The summed E-state index contributed by atoms with van der Waals surface area (Å²) in [5.41, 5.74) is 3.85. The van der Waals surface area contributed by atoms with Crippen molar-refractivity contribution in [1.82, 2.24) is 10.7 Å². The number of nitrogens with two attached hydrogens (primary N) is 1. The van der Waals surface area contributed by atoms with E-state index in [0.29, 0.717) is 12.5 Å². The molecule has 4 N–H and O–H groups in total. The van der Waals surface area contributed by atoms with Crippen LogP contribution in [0.4, 0.5) is 0 Å². The van der Waals surface area contributed by atoms with E-state index in [1.54, 1.807) is 11.3 Å². The summed E-state index contributed by atoms with van der Waals surface area (Å²) in [5.74, 6) is 6.04. The highest BCUT2D eigenvalue weighted by atomic mass is 32.1. The van der Waals surface area contributed by atoms with Crippen LogP contribution in [0.2, 0.25) is 0 Å². The summed E-state index contributed by atoms with van der Waals surface area (Å²) in [4.78, 5) is 5.67. The van der Waals surface area contributed by atoms with E-state index in [2.05, 4.69) is 34.1 Å². The van der Waals surface area contributed by atoms with E-state index in [0.717, 1.165) is 26.2 Å². The highest BCUT2D eigenvalue weighted by Crippen LogP contribution is 2.16. The third-order valence-electron chi connectivity index (χ3n) is 2.45. The molecule has 6 heteroatoms. The number of nitrogens with one attached hydrogen (secondary N) is 2. The fraction of sp³-hybridized carbons (Fsp3) is 0.583. The molecular weight excluding hydrogens is 248 g/mol. The van der Waals surface area contributed by atoms with Crippen molar-refractivity contribution in [1.29, 1.82) is 0 Å². The molecule has 5 nitrogen and oxygen atoms in total. The van der Waals surface area contributed by atoms with Gasteiger partial charge in [0.15, 0.2) is 0 Å². The van der Waals surface area contributed by atoms with E-state index < -0.39 is 0 Å². The Bertz CT molecular complexity index is 365. The lowest BCUT2D eigenvalue weighted by Gasteiger charge is -2.09. The van der Waals surface area contributed by atoms with Gasteiger partial charge in [0.2, 0.25) is 5.96 Å². The van der Waals surface area contributed by atoms with Crippen molar-refractivity contribution in [3.8, 4) is 0 Å². The van der Waals surface area contributed by atoms with Gasteiger partial charge < -0.3 is 10.1 Å². The van der Waals surface area contributed by atoms with Gasteiger partial charge in [-0.25, -0.2) is 10.8 Å². The summed E-state index contributed by atoms with van der Waals surface area (Å²) in [6.07, 6.45) is 0.937. The Kier molecular flexibility index (Phi) is 7.40. The number of aryl methyl sites for hydroxylation is 1. The molecule has 0 bridgehead atoms. The summed E-state index contributed by atoms with van der Waals surface area (Å²) in [6.45, 7) is 7.05. The van der Waals surface area contributed by atoms with Crippen LogP contribution in [0.5, 0.6) is 0 Å². The summed E-state index contributed by atoms with van der Waals surface area (Å²) < 4.78 is 5.25. The first kappa shape index (κ1) is 14.9. The van der Waals surface area contributed by atoms with Crippen LogP contribution < -0.4 is 16.6 Å². The maximum Gasteiger partial charge on any atom is 0.206 e. The van der Waals surface area contributed by atoms with Crippen LogP contribution in [-0.4, -0.2) is 25.7 Å². The van der Waals surface area contributed by atoms with Gasteiger partial charge in [-0.3, -0.25) is 5.43 Å². The first-order valence-corrected chi connectivity index (χ1v) is 7.01. The first-order valence-electron chi connectivity index (χ1n) is 6.13. The Labute approximate surface area is 112 Å². The van der Waals surface area contributed by atoms with Crippen LogP contribution in [-0.2, 0) is 11.3 Å². The minimum atomic E-state index is 0.624. The molecule has 0 radical (unpaired) electrons. The normalized spacial score (nSPS) is 11.6. The third kappa shape index (κ3) is 5.48. The average Bonchev–Trinajstić information content (AvgIpc) is 2.78. The van der Waals surface area contributed by atoms with Crippen LogP contribution in [0.15, 0.2) is 16.4 Å². The summed E-state index contributed by atoms with van der Waals surface area (Å²) in [6, 6.07) is 2.10. The monoisotopic (exact) mass is 270 g/mol. The molecule has 18 heavy (non-hydrogen) atoms. The number of ether oxygens (including phenoxy) is 1. The molecular formula is C12H22N4OS. The molecule has 0 saturated heterocycles. The highest BCUT2D eigenvalue weighted by molar-refractivity contribution is 7.10.